The summed E-state index contributed by atoms with van der Waals surface area (Å²) in [6, 6.07) is 12.2. The third-order valence-corrected chi connectivity index (χ3v) is 5.43. The summed E-state index contributed by atoms with van der Waals surface area (Å²) >= 11 is -1.11. The minimum atomic E-state index is -1.11. The fourth-order valence-electron chi connectivity index (χ4n) is 2.90. The molecule has 1 atom stereocenters. The summed E-state index contributed by atoms with van der Waals surface area (Å²) in [4.78, 5) is 2.98. The summed E-state index contributed by atoms with van der Waals surface area (Å²) in [7, 11) is 5.96. The molecule has 1 aromatic heterocycles. The van der Waals surface area contributed by atoms with Crippen molar-refractivity contribution >= 4 is 33.5 Å². The van der Waals surface area contributed by atoms with E-state index in [0.717, 1.165) is 38.4 Å². The first kappa shape index (κ1) is 19.1. The standard InChI is InChI=1S/C18H23N4OS.H2O/c1-12-18(13(2)22(5)19-12)20-24(23)17-11-7-8-14-15(17)9-6-10-16(14)21(3)4;/h6-11,20,23H,1-5H3;1H2/q+1;. The predicted molar refractivity (Wildman–Crippen MR) is 106 cm³/mol. The first-order valence-corrected chi connectivity index (χ1v) is 8.97. The molecule has 0 saturated carbocycles. The lowest BCUT2D eigenvalue weighted by Gasteiger charge is -2.15. The molecule has 1 unspecified atom stereocenters. The van der Waals surface area contributed by atoms with Crippen LogP contribution in [0.4, 0.5) is 11.4 Å². The maximum absolute atomic E-state index is 10.8. The Hall–Kier alpha value is -2.22. The molecule has 25 heavy (non-hydrogen) atoms. The molecule has 3 rings (SSSR count). The molecule has 2 aromatic carbocycles. The molecule has 0 fully saturated rings. The van der Waals surface area contributed by atoms with E-state index in [-0.39, 0.29) is 5.48 Å². The van der Waals surface area contributed by atoms with Crippen molar-refractivity contribution in [1.82, 2.24) is 9.78 Å². The van der Waals surface area contributed by atoms with Crippen LogP contribution in [0.25, 0.3) is 10.8 Å². The number of benzene rings is 2. The molecule has 0 saturated heterocycles. The van der Waals surface area contributed by atoms with Crippen LogP contribution in [0.15, 0.2) is 41.3 Å². The van der Waals surface area contributed by atoms with E-state index in [1.54, 1.807) is 0 Å². The quantitative estimate of drug-likeness (QED) is 0.700. The normalized spacial score (nSPS) is 11.9. The summed E-state index contributed by atoms with van der Waals surface area (Å²) in [5.41, 5.74) is 3.92. The van der Waals surface area contributed by atoms with Crippen molar-refractivity contribution < 1.29 is 10.0 Å². The van der Waals surface area contributed by atoms with Crippen molar-refractivity contribution in [2.45, 2.75) is 18.7 Å². The van der Waals surface area contributed by atoms with Crippen LogP contribution in [0.2, 0.25) is 0 Å². The molecule has 6 nitrogen and oxygen atoms in total. The van der Waals surface area contributed by atoms with E-state index in [2.05, 4.69) is 32.9 Å². The van der Waals surface area contributed by atoms with Gasteiger partial charge in [-0.3, -0.25) is 4.68 Å². The van der Waals surface area contributed by atoms with Gasteiger partial charge in [-0.15, -0.1) is 0 Å². The summed E-state index contributed by atoms with van der Waals surface area (Å²) < 4.78 is 15.9. The molecule has 0 aliphatic rings. The lowest BCUT2D eigenvalue weighted by molar-refractivity contribution is 0.645. The van der Waals surface area contributed by atoms with E-state index in [9.17, 15) is 4.55 Å². The fraction of sp³-hybridized carbons (Fsp3) is 0.278. The number of anilines is 2. The number of nitrogens with zero attached hydrogens (tertiary/aromatic N) is 3. The Morgan fingerprint density at radius 1 is 1.08 bits per heavy atom. The minimum absolute atomic E-state index is 0. The zero-order chi connectivity index (χ0) is 17.4. The maximum atomic E-state index is 10.8. The molecule has 0 aliphatic heterocycles. The van der Waals surface area contributed by atoms with Crippen LogP contribution in [-0.2, 0) is 18.4 Å². The van der Waals surface area contributed by atoms with Gasteiger partial charge in [0, 0.05) is 37.6 Å². The van der Waals surface area contributed by atoms with Gasteiger partial charge in [0.2, 0.25) is 4.90 Å². The molecule has 134 valence electrons. The van der Waals surface area contributed by atoms with Gasteiger partial charge < -0.3 is 10.4 Å². The number of aryl methyl sites for hydroxylation is 2. The number of aromatic nitrogens is 2. The van der Waals surface area contributed by atoms with Crippen LogP contribution in [0, 0.1) is 13.8 Å². The van der Waals surface area contributed by atoms with E-state index in [1.165, 1.54) is 0 Å². The molecule has 0 radical (unpaired) electrons. The third-order valence-electron chi connectivity index (χ3n) is 4.26. The second-order valence-electron chi connectivity index (χ2n) is 6.08. The molecule has 0 aliphatic carbocycles. The topological polar surface area (TPSA) is 84.8 Å². The smallest absolute Gasteiger partial charge is 0.304 e. The molecular formula is C18H25N4O2S+. The monoisotopic (exact) mass is 361 g/mol. The van der Waals surface area contributed by atoms with Gasteiger partial charge in [0.15, 0.2) is 0 Å². The first-order chi connectivity index (χ1) is 11.4. The number of rotatable bonds is 4. The second kappa shape index (κ2) is 7.35. The largest absolute Gasteiger partial charge is 0.412 e. The molecule has 3 aromatic rings. The number of hydrogen-bond acceptors (Lipinski definition) is 4. The van der Waals surface area contributed by atoms with E-state index in [0.29, 0.717) is 0 Å². The molecule has 0 amide bonds. The van der Waals surface area contributed by atoms with E-state index in [4.69, 9.17) is 0 Å². The second-order valence-corrected chi connectivity index (χ2v) is 7.29. The highest BCUT2D eigenvalue weighted by molar-refractivity contribution is 7.93. The zero-order valence-corrected chi connectivity index (χ0v) is 16.0. The highest BCUT2D eigenvalue weighted by Crippen LogP contribution is 2.31. The summed E-state index contributed by atoms with van der Waals surface area (Å²) in [6.45, 7) is 3.94. The van der Waals surface area contributed by atoms with E-state index < -0.39 is 11.4 Å². The van der Waals surface area contributed by atoms with Crippen molar-refractivity contribution in [2.75, 3.05) is 23.7 Å². The lowest BCUT2D eigenvalue weighted by atomic mass is 10.1. The number of fused-ring (bicyclic) bond motifs is 1. The van der Waals surface area contributed by atoms with Gasteiger partial charge >= 0.3 is 11.4 Å². The fourth-order valence-corrected chi connectivity index (χ4v) is 4.09. The molecule has 7 heteroatoms. The van der Waals surface area contributed by atoms with Gasteiger partial charge in [-0.2, -0.15) is 14.4 Å². The molecule has 4 N–H and O–H groups in total. The summed E-state index contributed by atoms with van der Waals surface area (Å²) in [6.07, 6.45) is 0. The minimum Gasteiger partial charge on any atom is -0.412 e. The Balaban J connectivity index is 0.00000225. The highest BCUT2D eigenvalue weighted by Gasteiger charge is 2.27. The van der Waals surface area contributed by atoms with Crippen molar-refractivity contribution in [3.8, 4) is 0 Å². The SMILES string of the molecule is Cc1nn(C)c(C)c1N[S+](O)c1cccc2c(N(C)C)cccc12.O. The van der Waals surface area contributed by atoms with Gasteiger partial charge in [0.05, 0.1) is 11.4 Å². The van der Waals surface area contributed by atoms with Gasteiger partial charge in [0.25, 0.3) is 0 Å². The average molecular weight is 361 g/mol. The van der Waals surface area contributed by atoms with Gasteiger partial charge in [-0.05, 0) is 32.0 Å². The lowest BCUT2D eigenvalue weighted by Crippen LogP contribution is -2.15. The Bertz CT molecular complexity index is 892. The van der Waals surface area contributed by atoms with Crippen molar-refractivity contribution in [3.05, 3.63) is 47.8 Å². The zero-order valence-electron chi connectivity index (χ0n) is 15.2. The molecule has 0 bridgehead atoms. The van der Waals surface area contributed by atoms with Crippen LogP contribution in [-0.4, -0.2) is 33.9 Å². The molecule has 1 heterocycles. The molecular weight excluding hydrogens is 336 g/mol. The Morgan fingerprint density at radius 3 is 2.32 bits per heavy atom. The van der Waals surface area contributed by atoms with Crippen LogP contribution in [0.1, 0.15) is 11.4 Å². The van der Waals surface area contributed by atoms with Gasteiger partial charge in [0.1, 0.15) is 5.69 Å². The Labute approximate surface area is 151 Å². The van der Waals surface area contributed by atoms with Gasteiger partial charge in [-0.1, -0.05) is 18.2 Å². The highest BCUT2D eigenvalue weighted by atomic mass is 32.2. The number of nitrogens with one attached hydrogen (secondary N) is 1. The van der Waals surface area contributed by atoms with Crippen LogP contribution < -0.4 is 9.62 Å². The van der Waals surface area contributed by atoms with Crippen molar-refractivity contribution in [2.24, 2.45) is 7.05 Å². The summed E-state index contributed by atoms with van der Waals surface area (Å²) in [5.74, 6) is 0. The number of hydrogen-bond donors (Lipinski definition) is 2. The van der Waals surface area contributed by atoms with Crippen LogP contribution >= 0.6 is 0 Å². The molecule has 0 spiro atoms. The Morgan fingerprint density at radius 2 is 1.72 bits per heavy atom. The van der Waals surface area contributed by atoms with E-state index in [1.807, 2.05) is 57.9 Å². The van der Waals surface area contributed by atoms with Crippen molar-refractivity contribution in [3.63, 3.8) is 0 Å². The van der Waals surface area contributed by atoms with Crippen LogP contribution in [0.5, 0.6) is 0 Å². The van der Waals surface area contributed by atoms with Gasteiger partial charge in [-0.25, -0.2) is 0 Å². The van der Waals surface area contributed by atoms with E-state index >= 15 is 0 Å². The summed E-state index contributed by atoms with van der Waals surface area (Å²) in [5, 5.41) is 6.59. The van der Waals surface area contributed by atoms with Crippen molar-refractivity contribution in [1.29, 1.82) is 0 Å². The maximum Gasteiger partial charge on any atom is 0.304 e. The average Bonchev–Trinajstić information content (AvgIpc) is 2.79. The van der Waals surface area contributed by atoms with Crippen LogP contribution in [0.3, 0.4) is 0 Å². The predicted octanol–water partition coefficient (Wildman–Crippen LogP) is 2.91. The third kappa shape index (κ3) is 3.44. The first-order valence-electron chi connectivity index (χ1n) is 7.79. The Kier molecular flexibility index (Phi) is 5.62.